The average Bonchev–Trinajstić information content (AvgIpc) is 3.07. The molecular formula is C20H20N4O3S. The number of aryl methyl sites for hydroxylation is 1. The first kappa shape index (κ1) is 17.5. The van der Waals surface area contributed by atoms with Gasteiger partial charge in [-0.2, -0.15) is 16.9 Å². The van der Waals surface area contributed by atoms with E-state index in [1.807, 2.05) is 40.9 Å². The summed E-state index contributed by atoms with van der Waals surface area (Å²) in [6.07, 6.45) is 1.15. The first-order valence-electron chi connectivity index (χ1n) is 9.46. The van der Waals surface area contributed by atoms with Crippen LogP contribution in [-0.4, -0.2) is 44.6 Å². The van der Waals surface area contributed by atoms with E-state index in [0.29, 0.717) is 30.9 Å². The molecule has 1 amide bonds. The maximum atomic E-state index is 12.6. The minimum atomic E-state index is -0.0416. The summed E-state index contributed by atoms with van der Waals surface area (Å²) in [4.78, 5) is 26.7. The van der Waals surface area contributed by atoms with Crippen molar-refractivity contribution in [3.63, 3.8) is 0 Å². The molecule has 1 aromatic carbocycles. The van der Waals surface area contributed by atoms with Gasteiger partial charge in [0.15, 0.2) is 5.58 Å². The van der Waals surface area contributed by atoms with Crippen molar-refractivity contribution in [2.24, 2.45) is 5.92 Å². The molecule has 1 saturated heterocycles. The summed E-state index contributed by atoms with van der Waals surface area (Å²) in [5.74, 6) is 2.24. The number of nitrogens with zero attached hydrogens (tertiary/aromatic N) is 4. The van der Waals surface area contributed by atoms with Crippen molar-refractivity contribution in [3.05, 3.63) is 57.6 Å². The van der Waals surface area contributed by atoms with Crippen molar-refractivity contribution in [2.45, 2.75) is 25.1 Å². The maximum absolute atomic E-state index is 12.6. The highest BCUT2D eigenvalue weighted by molar-refractivity contribution is 7.98. The number of aromatic nitrogens is 3. The van der Waals surface area contributed by atoms with Crippen molar-refractivity contribution in [2.75, 3.05) is 18.8 Å². The molecule has 0 atom stereocenters. The van der Waals surface area contributed by atoms with E-state index in [4.69, 9.17) is 4.52 Å². The van der Waals surface area contributed by atoms with Crippen molar-refractivity contribution in [1.82, 2.24) is 19.8 Å². The molecule has 0 N–H and O–H groups in total. The highest BCUT2D eigenvalue weighted by Gasteiger charge is 2.32. The van der Waals surface area contributed by atoms with Gasteiger partial charge in [0.2, 0.25) is 5.91 Å². The van der Waals surface area contributed by atoms with Gasteiger partial charge >= 0.3 is 0 Å². The van der Waals surface area contributed by atoms with Crippen LogP contribution in [0, 0.1) is 5.92 Å². The van der Waals surface area contributed by atoms with Gasteiger partial charge in [-0.3, -0.25) is 9.59 Å². The van der Waals surface area contributed by atoms with Gasteiger partial charge in [-0.25, -0.2) is 4.68 Å². The van der Waals surface area contributed by atoms with E-state index in [0.717, 1.165) is 34.6 Å². The molecule has 2 aliphatic rings. The number of hydrogen-bond donors (Lipinski definition) is 0. The highest BCUT2D eigenvalue weighted by atomic mass is 32.2. The molecule has 2 aliphatic heterocycles. The average molecular weight is 396 g/mol. The summed E-state index contributed by atoms with van der Waals surface area (Å²) in [6.45, 7) is 1.86. The number of fused-ring (bicyclic) bond motifs is 2. The Hall–Kier alpha value is -2.61. The Balaban J connectivity index is 1.21. The van der Waals surface area contributed by atoms with Gasteiger partial charge in [-0.05, 0) is 23.4 Å². The van der Waals surface area contributed by atoms with Crippen LogP contribution in [0.4, 0.5) is 0 Å². The Labute approximate surface area is 165 Å². The van der Waals surface area contributed by atoms with Crippen LogP contribution in [0.25, 0.3) is 11.0 Å². The maximum Gasteiger partial charge on any atom is 0.267 e. The zero-order chi connectivity index (χ0) is 19.1. The lowest BCUT2D eigenvalue weighted by atomic mass is 9.99. The smallest absolute Gasteiger partial charge is 0.267 e. The number of carbonyl (C=O) groups excluding carboxylic acids is 1. The summed E-state index contributed by atoms with van der Waals surface area (Å²) in [5.41, 5.74) is 3.45. The standard InChI is InChI=1S/C20H20N4O3S/c25-19(8-17-15-3-1-2-4-18(15)27-22-17)23-9-13(10-23)11-24-20(26)7-14-12-28-6-5-16(14)21-24/h1-4,7,13H,5-6,8-12H2. The zero-order valence-electron chi connectivity index (χ0n) is 15.3. The Morgan fingerprint density at radius 2 is 2.14 bits per heavy atom. The molecule has 28 heavy (non-hydrogen) atoms. The largest absolute Gasteiger partial charge is 0.356 e. The molecule has 4 heterocycles. The molecule has 144 valence electrons. The molecule has 0 bridgehead atoms. The highest BCUT2D eigenvalue weighted by Crippen LogP contribution is 2.23. The molecule has 3 aromatic rings. The quantitative estimate of drug-likeness (QED) is 0.670. The molecule has 0 aliphatic carbocycles. The summed E-state index contributed by atoms with van der Waals surface area (Å²) in [7, 11) is 0. The van der Waals surface area contributed by atoms with Crippen LogP contribution in [-0.2, 0) is 29.9 Å². The minimum Gasteiger partial charge on any atom is -0.356 e. The predicted octanol–water partition coefficient (Wildman–Crippen LogP) is 1.87. The van der Waals surface area contributed by atoms with E-state index < -0.39 is 0 Å². The van der Waals surface area contributed by atoms with Crippen LogP contribution in [0.15, 0.2) is 39.6 Å². The fraction of sp³-hybridized carbons (Fsp3) is 0.400. The van der Waals surface area contributed by atoms with Gasteiger partial charge in [0.25, 0.3) is 5.56 Å². The predicted molar refractivity (Wildman–Crippen MR) is 106 cm³/mol. The van der Waals surface area contributed by atoms with Gasteiger partial charge in [-0.1, -0.05) is 17.3 Å². The Morgan fingerprint density at radius 1 is 1.29 bits per heavy atom. The topological polar surface area (TPSA) is 81.2 Å². The minimum absolute atomic E-state index is 0.0399. The molecule has 0 unspecified atom stereocenters. The number of rotatable bonds is 4. The van der Waals surface area contributed by atoms with Crippen LogP contribution in [0.1, 0.15) is 17.0 Å². The van der Waals surface area contributed by atoms with Crippen molar-refractivity contribution >= 4 is 28.6 Å². The van der Waals surface area contributed by atoms with Crippen LogP contribution in [0.2, 0.25) is 0 Å². The van der Waals surface area contributed by atoms with E-state index >= 15 is 0 Å². The summed E-state index contributed by atoms with van der Waals surface area (Å²) >= 11 is 1.84. The molecule has 0 saturated carbocycles. The number of para-hydroxylation sites is 1. The second-order valence-electron chi connectivity index (χ2n) is 7.41. The van der Waals surface area contributed by atoms with Gasteiger partial charge in [-0.15, -0.1) is 0 Å². The van der Waals surface area contributed by atoms with E-state index in [-0.39, 0.29) is 23.8 Å². The third-order valence-electron chi connectivity index (χ3n) is 5.42. The van der Waals surface area contributed by atoms with Crippen LogP contribution < -0.4 is 5.56 Å². The lowest BCUT2D eigenvalue weighted by molar-refractivity contribution is -0.137. The first-order chi connectivity index (χ1) is 13.7. The van der Waals surface area contributed by atoms with Crippen LogP contribution in [0.3, 0.4) is 0 Å². The summed E-state index contributed by atoms with van der Waals surface area (Å²) in [6, 6.07) is 9.29. The monoisotopic (exact) mass is 396 g/mol. The van der Waals surface area contributed by atoms with Crippen molar-refractivity contribution in [3.8, 4) is 0 Å². The van der Waals surface area contributed by atoms with Gasteiger partial charge in [0.1, 0.15) is 5.69 Å². The normalized spacial score (nSPS) is 16.8. The lowest BCUT2D eigenvalue weighted by Crippen LogP contribution is -2.52. The van der Waals surface area contributed by atoms with Gasteiger partial charge in [0, 0.05) is 42.6 Å². The second-order valence-corrected chi connectivity index (χ2v) is 8.51. The molecular weight excluding hydrogens is 376 g/mol. The van der Waals surface area contributed by atoms with Gasteiger partial charge in [0.05, 0.1) is 18.7 Å². The van der Waals surface area contributed by atoms with Gasteiger partial charge < -0.3 is 9.42 Å². The lowest BCUT2D eigenvalue weighted by Gasteiger charge is -2.39. The molecule has 0 radical (unpaired) electrons. The Bertz CT molecular complexity index is 1100. The zero-order valence-corrected chi connectivity index (χ0v) is 16.2. The number of carbonyl (C=O) groups is 1. The third-order valence-corrected chi connectivity index (χ3v) is 6.42. The fourth-order valence-electron chi connectivity index (χ4n) is 3.84. The van der Waals surface area contributed by atoms with E-state index in [2.05, 4.69) is 10.3 Å². The van der Waals surface area contributed by atoms with E-state index in [1.54, 1.807) is 10.7 Å². The number of benzene rings is 1. The van der Waals surface area contributed by atoms with E-state index in [1.165, 1.54) is 0 Å². The third kappa shape index (κ3) is 3.22. The molecule has 8 heteroatoms. The number of hydrogen-bond acceptors (Lipinski definition) is 6. The molecule has 2 aromatic heterocycles. The number of likely N-dealkylation sites (tertiary alicyclic amines) is 1. The molecule has 7 nitrogen and oxygen atoms in total. The summed E-state index contributed by atoms with van der Waals surface area (Å²) < 4.78 is 6.85. The second kappa shape index (κ2) is 7.09. The molecule has 0 spiro atoms. The van der Waals surface area contributed by atoms with E-state index in [9.17, 15) is 9.59 Å². The number of amides is 1. The SMILES string of the molecule is O=C(Cc1noc2ccccc12)N1CC(Cn2nc3c(cc2=O)CSCC3)C1. The van der Waals surface area contributed by atoms with Crippen molar-refractivity contribution < 1.29 is 9.32 Å². The number of thioether (sulfide) groups is 1. The Morgan fingerprint density at radius 3 is 3.04 bits per heavy atom. The Kier molecular flexibility index (Phi) is 4.43. The molecule has 1 fully saturated rings. The van der Waals surface area contributed by atoms with Crippen LogP contribution >= 0.6 is 11.8 Å². The first-order valence-corrected chi connectivity index (χ1v) is 10.6. The molecule has 5 rings (SSSR count). The summed E-state index contributed by atoms with van der Waals surface area (Å²) in [5, 5.41) is 9.49. The van der Waals surface area contributed by atoms with Crippen LogP contribution in [0.5, 0.6) is 0 Å². The van der Waals surface area contributed by atoms with Crippen molar-refractivity contribution in [1.29, 1.82) is 0 Å². The fourth-order valence-corrected chi connectivity index (χ4v) is 4.79.